The molecule has 0 N–H and O–H groups in total. The fourth-order valence-electron chi connectivity index (χ4n) is 5.24. The molecule has 0 aromatic heterocycles. The van der Waals surface area contributed by atoms with E-state index in [1.807, 2.05) is 6.07 Å². The molecule has 1 aliphatic rings. The zero-order valence-electron chi connectivity index (χ0n) is 20.4. The molecule has 0 atom stereocenters. The molecule has 1 amide bonds. The molecule has 2 heteroatoms. The SMILES string of the molecule is C/C(=C\c1ccccc1)CN(CCC(c1ccccc1)c1ccccc1)C(=O)C1CCCCC1. The van der Waals surface area contributed by atoms with Crippen LogP contribution in [0.3, 0.4) is 0 Å². The zero-order valence-corrected chi connectivity index (χ0v) is 20.4. The van der Waals surface area contributed by atoms with Crippen LogP contribution in [0.4, 0.5) is 0 Å². The van der Waals surface area contributed by atoms with Crippen LogP contribution in [0, 0.1) is 5.92 Å². The summed E-state index contributed by atoms with van der Waals surface area (Å²) >= 11 is 0. The Labute approximate surface area is 205 Å². The maximum Gasteiger partial charge on any atom is 0.225 e. The molecule has 3 aromatic carbocycles. The van der Waals surface area contributed by atoms with E-state index in [4.69, 9.17) is 0 Å². The van der Waals surface area contributed by atoms with Crippen LogP contribution in [-0.2, 0) is 4.79 Å². The number of benzene rings is 3. The van der Waals surface area contributed by atoms with Gasteiger partial charge in [-0.25, -0.2) is 0 Å². The molecule has 0 unspecified atom stereocenters. The van der Waals surface area contributed by atoms with Gasteiger partial charge in [-0.3, -0.25) is 4.79 Å². The molecule has 2 nitrogen and oxygen atoms in total. The summed E-state index contributed by atoms with van der Waals surface area (Å²) in [7, 11) is 0. The highest BCUT2D eigenvalue weighted by Crippen LogP contribution is 2.30. The molecular weight excluding hydrogens is 414 g/mol. The average molecular weight is 452 g/mol. The molecule has 0 aliphatic heterocycles. The number of hydrogen-bond donors (Lipinski definition) is 0. The van der Waals surface area contributed by atoms with Crippen molar-refractivity contribution in [2.45, 2.75) is 51.4 Å². The standard InChI is InChI=1S/C32H37NO/c1-26(24-27-14-6-2-7-15-27)25-33(32(34)30-20-12-5-13-21-30)23-22-31(28-16-8-3-9-17-28)29-18-10-4-11-19-29/h2-4,6-11,14-19,24,30-31H,5,12-13,20-23,25H2,1H3/b26-24+. The van der Waals surface area contributed by atoms with E-state index in [1.54, 1.807) is 0 Å². The highest BCUT2D eigenvalue weighted by molar-refractivity contribution is 5.79. The first kappa shape index (κ1) is 24.0. The maximum absolute atomic E-state index is 13.7. The van der Waals surface area contributed by atoms with Crippen LogP contribution in [0.25, 0.3) is 6.08 Å². The number of rotatable bonds is 9. The molecule has 3 aromatic rings. The second-order valence-corrected chi connectivity index (χ2v) is 9.66. The Hall–Kier alpha value is -3.13. The van der Waals surface area contributed by atoms with Gasteiger partial charge in [0.15, 0.2) is 0 Å². The summed E-state index contributed by atoms with van der Waals surface area (Å²) in [6.45, 7) is 3.62. The summed E-state index contributed by atoms with van der Waals surface area (Å²) in [5.41, 5.74) is 5.05. The van der Waals surface area contributed by atoms with E-state index in [-0.39, 0.29) is 11.8 Å². The smallest absolute Gasteiger partial charge is 0.225 e. The summed E-state index contributed by atoms with van der Waals surface area (Å²) in [5, 5.41) is 0. The Morgan fingerprint density at radius 3 is 1.91 bits per heavy atom. The molecule has 34 heavy (non-hydrogen) atoms. The van der Waals surface area contributed by atoms with Gasteiger partial charge in [0, 0.05) is 24.9 Å². The van der Waals surface area contributed by atoms with Crippen LogP contribution >= 0.6 is 0 Å². The van der Waals surface area contributed by atoms with Crippen LogP contribution in [-0.4, -0.2) is 23.9 Å². The molecule has 0 saturated heterocycles. The second-order valence-electron chi connectivity index (χ2n) is 9.66. The lowest BCUT2D eigenvalue weighted by Gasteiger charge is -2.31. The summed E-state index contributed by atoms with van der Waals surface area (Å²) < 4.78 is 0. The van der Waals surface area contributed by atoms with E-state index in [0.717, 1.165) is 25.8 Å². The molecule has 1 saturated carbocycles. The maximum atomic E-state index is 13.7. The third-order valence-electron chi connectivity index (χ3n) is 7.01. The summed E-state index contributed by atoms with van der Waals surface area (Å²) in [4.78, 5) is 15.8. The molecule has 1 aliphatic carbocycles. The molecule has 0 heterocycles. The van der Waals surface area contributed by atoms with Crippen molar-refractivity contribution < 1.29 is 4.79 Å². The molecule has 0 radical (unpaired) electrons. The number of amides is 1. The Balaban J connectivity index is 1.54. The lowest BCUT2D eigenvalue weighted by Crippen LogP contribution is -2.39. The third kappa shape index (κ3) is 6.70. The zero-order chi connectivity index (χ0) is 23.6. The quantitative estimate of drug-likeness (QED) is 0.326. The van der Waals surface area contributed by atoms with Gasteiger partial charge in [-0.15, -0.1) is 0 Å². The van der Waals surface area contributed by atoms with Crippen molar-refractivity contribution in [3.63, 3.8) is 0 Å². The van der Waals surface area contributed by atoms with E-state index in [0.29, 0.717) is 12.5 Å². The van der Waals surface area contributed by atoms with E-state index < -0.39 is 0 Å². The lowest BCUT2D eigenvalue weighted by atomic mass is 9.86. The first-order valence-electron chi connectivity index (χ1n) is 12.8. The first-order chi connectivity index (χ1) is 16.7. The van der Waals surface area contributed by atoms with Crippen LogP contribution in [0.15, 0.2) is 96.6 Å². The average Bonchev–Trinajstić information content (AvgIpc) is 2.90. The van der Waals surface area contributed by atoms with Gasteiger partial charge in [0.25, 0.3) is 0 Å². The van der Waals surface area contributed by atoms with Gasteiger partial charge in [-0.2, -0.15) is 0 Å². The minimum atomic E-state index is 0.185. The highest BCUT2D eigenvalue weighted by Gasteiger charge is 2.27. The topological polar surface area (TPSA) is 20.3 Å². The number of carbonyl (C=O) groups excluding carboxylic acids is 1. The van der Waals surface area contributed by atoms with Gasteiger partial charge in [0.05, 0.1) is 0 Å². The molecule has 0 spiro atoms. The number of hydrogen-bond acceptors (Lipinski definition) is 1. The Bertz CT molecular complexity index is 997. The van der Waals surface area contributed by atoms with E-state index in [9.17, 15) is 4.79 Å². The van der Waals surface area contributed by atoms with Crippen molar-refractivity contribution in [1.29, 1.82) is 0 Å². The molecule has 0 bridgehead atoms. The van der Waals surface area contributed by atoms with Crippen LogP contribution in [0.5, 0.6) is 0 Å². The summed E-state index contributed by atoms with van der Waals surface area (Å²) in [5.74, 6) is 0.813. The molecular formula is C32H37NO. The monoisotopic (exact) mass is 451 g/mol. The van der Waals surface area contributed by atoms with Crippen LogP contribution in [0.2, 0.25) is 0 Å². The molecule has 4 rings (SSSR count). The van der Waals surface area contributed by atoms with Gasteiger partial charge >= 0.3 is 0 Å². The van der Waals surface area contributed by atoms with E-state index in [1.165, 1.54) is 41.5 Å². The number of nitrogens with zero attached hydrogens (tertiary/aromatic N) is 1. The normalized spacial score (nSPS) is 14.8. The van der Waals surface area contributed by atoms with Crippen molar-refractivity contribution in [1.82, 2.24) is 4.90 Å². The Kier molecular flexibility index (Phi) is 8.73. The highest BCUT2D eigenvalue weighted by atomic mass is 16.2. The minimum Gasteiger partial charge on any atom is -0.338 e. The van der Waals surface area contributed by atoms with Gasteiger partial charge in [-0.1, -0.05) is 122 Å². The lowest BCUT2D eigenvalue weighted by molar-refractivity contribution is -0.136. The van der Waals surface area contributed by atoms with Gasteiger partial charge in [0.1, 0.15) is 0 Å². The predicted octanol–water partition coefficient (Wildman–Crippen LogP) is 7.72. The van der Waals surface area contributed by atoms with Crippen LogP contribution in [0.1, 0.15) is 68.1 Å². The first-order valence-corrected chi connectivity index (χ1v) is 12.8. The van der Waals surface area contributed by atoms with Crippen molar-refractivity contribution in [2.75, 3.05) is 13.1 Å². The van der Waals surface area contributed by atoms with Crippen LogP contribution < -0.4 is 0 Å². The third-order valence-corrected chi connectivity index (χ3v) is 7.01. The minimum absolute atomic E-state index is 0.185. The van der Waals surface area contributed by atoms with E-state index in [2.05, 4.69) is 103 Å². The largest absolute Gasteiger partial charge is 0.338 e. The predicted molar refractivity (Wildman–Crippen MR) is 143 cm³/mol. The van der Waals surface area contributed by atoms with Crippen molar-refractivity contribution in [3.8, 4) is 0 Å². The fourth-order valence-corrected chi connectivity index (χ4v) is 5.24. The van der Waals surface area contributed by atoms with Crippen molar-refractivity contribution >= 4 is 12.0 Å². The Morgan fingerprint density at radius 1 is 0.824 bits per heavy atom. The van der Waals surface area contributed by atoms with Crippen molar-refractivity contribution in [3.05, 3.63) is 113 Å². The fraction of sp³-hybridized carbons (Fsp3) is 0.344. The molecule has 176 valence electrons. The van der Waals surface area contributed by atoms with E-state index >= 15 is 0 Å². The van der Waals surface area contributed by atoms with Gasteiger partial charge in [-0.05, 0) is 42.9 Å². The van der Waals surface area contributed by atoms with Gasteiger partial charge < -0.3 is 4.90 Å². The summed E-state index contributed by atoms with van der Waals surface area (Å²) in [6.07, 6.45) is 8.84. The number of carbonyl (C=O) groups is 1. The Morgan fingerprint density at radius 2 is 1.35 bits per heavy atom. The van der Waals surface area contributed by atoms with Gasteiger partial charge in [0.2, 0.25) is 5.91 Å². The summed E-state index contributed by atoms with van der Waals surface area (Å²) in [6, 6.07) is 31.9. The van der Waals surface area contributed by atoms with Crippen molar-refractivity contribution in [2.24, 2.45) is 5.92 Å². The second kappa shape index (κ2) is 12.4. The molecule has 1 fully saturated rings.